The van der Waals surface area contributed by atoms with Crippen LogP contribution in [0.15, 0.2) is 12.7 Å². The van der Waals surface area contributed by atoms with Crippen LogP contribution in [0.25, 0.3) is 0 Å². The Bertz CT molecular complexity index is 360. The summed E-state index contributed by atoms with van der Waals surface area (Å²) >= 11 is 0. The minimum absolute atomic E-state index is 0.120. The quantitative estimate of drug-likeness (QED) is 0.275. The van der Waals surface area contributed by atoms with Crippen molar-refractivity contribution in [2.45, 2.75) is 51.5 Å². The molecule has 0 aromatic rings. The van der Waals surface area contributed by atoms with Crippen LogP contribution in [-0.2, 0) is 14.3 Å². The van der Waals surface area contributed by atoms with Gasteiger partial charge in [0, 0.05) is 6.42 Å². The van der Waals surface area contributed by atoms with Gasteiger partial charge in [-0.3, -0.25) is 0 Å². The molecule has 0 aliphatic rings. The van der Waals surface area contributed by atoms with Gasteiger partial charge in [-0.05, 0) is 12.8 Å². The fraction of sp³-hybridized carbons (Fsp3) is 0.625. The molecule has 0 aliphatic carbocycles. The number of alkyl carbamates (subject to hydrolysis) is 1. The van der Waals surface area contributed by atoms with Crippen molar-refractivity contribution in [3.05, 3.63) is 12.7 Å². The predicted octanol–water partition coefficient (Wildman–Crippen LogP) is 2.80. The van der Waals surface area contributed by atoms with E-state index in [4.69, 9.17) is 15.9 Å². The molecule has 0 spiro atoms. The number of amides is 1. The number of carbonyl (C=O) groups is 2. The van der Waals surface area contributed by atoms with Crippen LogP contribution in [0.4, 0.5) is 4.79 Å². The first-order valence-corrected chi connectivity index (χ1v) is 7.30. The van der Waals surface area contributed by atoms with Crippen molar-refractivity contribution in [3.8, 4) is 12.3 Å². The maximum absolute atomic E-state index is 11.9. The Morgan fingerprint density at radius 1 is 1.29 bits per heavy atom. The largest absolute Gasteiger partial charge is 0.464 e. The van der Waals surface area contributed by atoms with E-state index in [0.717, 1.165) is 25.7 Å². The Kier molecular flexibility index (Phi) is 11.8. The number of carbonyl (C=O) groups excluding carboxylic acids is 2. The Labute approximate surface area is 127 Å². The minimum atomic E-state index is -0.771. The SMILES string of the molecule is C#CCCOC(=O)NC(CC=C)C(=O)OCCCCCC. The first-order valence-electron chi connectivity index (χ1n) is 7.30. The van der Waals surface area contributed by atoms with E-state index < -0.39 is 18.1 Å². The molecule has 1 unspecified atom stereocenters. The molecule has 0 saturated carbocycles. The third kappa shape index (κ3) is 10.5. The molecule has 0 bridgehead atoms. The molecule has 5 heteroatoms. The third-order valence-electron chi connectivity index (χ3n) is 2.70. The van der Waals surface area contributed by atoms with Gasteiger partial charge in [0.2, 0.25) is 0 Å². The average molecular weight is 295 g/mol. The highest BCUT2D eigenvalue weighted by atomic mass is 16.6. The van der Waals surface area contributed by atoms with Gasteiger partial charge < -0.3 is 14.8 Å². The van der Waals surface area contributed by atoms with E-state index in [0.29, 0.717) is 13.0 Å². The van der Waals surface area contributed by atoms with E-state index in [1.165, 1.54) is 0 Å². The maximum Gasteiger partial charge on any atom is 0.407 e. The Balaban J connectivity index is 4.08. The van der Waals surface area contributed by atoms with E-state index in [1.807, 2.05) is 0 Å². The Morgan fingerprint density at radius 2 is 2.05 bits per heavy atom. The number of terminal acetylenes is 1. The van der Waals surface area contributed by atoms with Gasteiger partial charge in [0.1, 0.15) is 12.6 Å². The van der Waals surface area contributed by atoms with Gasteiger partial charge in [0.25, 0.3) is 0 Å². The van der Waals surface area contributed by atoms with Crippen LogP contribution in [0.3, 0.4) is 0 Å². The molecule has 5 nitrogen and oxygen atoms in total. The van der Waals surface area contributed by atoms with Crippen molar-refractivity contribution in [3.63, 3.8) is 0 Å². The van der Waals surface area contributed by atoms with Crippen LogP contribution >= 0.6 is 0 Å². The second-order valence-corrected chi connectivity index (χ2v) is 4.54. The van der Waals surface area contributed by atoms with Gasteiger partial charge in [0.05, 0.1) is 6.61 Å². The summed E-state index contributed by atoms with van der Waals surface area (Å²) in [6.07, 6.45) is 10.6. The number of ether oxygens (including phenoxy) is 2. The fourth-order valence-corrected chi connectivity index (χ4v) is 1.57. The first kappa shape index (κ1) is 19.0. The Hall–Kier alpha value is -1.96. The summed E-state index contributed by atoms with van der Waals surface area (Å²) in [4.78, 5) is 23.3. The lowest BCUT2D eigenvalue weighted by Gasteiger charge is -2.16. The van der Waals surface area contributed by atoms with E-state index in [1.54, 1.807) is 6.08 Å². The minimum Gasteiger partial charge on any atom is -0.464 e. The molecule has 1 N–H and O–H groups in total. The van der Waals surface area contributed by atoms with Crippen LogP contribution in [0, 0.1) is 12.3 Å². The lowest BCUT2D eigenvalue weighted by atomic mass is 10.2. The molecular formula is C16H25NO4. The molecule has 0 heterocycles. The molecule has 0 aromatic carbocycles. The van der Waals surface area contributed by atoms with Crippen molar-refractivity contribution in [1.29, 1.82) is 0 Å². The van der Waals surface area contributed by atoms with E-state index in [2.05, 4.69) is 24.7 Å². The van der Waals surface area contributed by atoms with E-state index in [-0.39, 0.29) is 13.0 Å². The molecule has 1 atom stereocenters. The average Bonchev–Trinajstić information content (AvgIpc) is 2.46. The number of nitrogens with one attached hydrogen (secondary N) is 1. The molecule has 0 saturated heterocycles. The lowest BCUT2D eigenvalue weighted by molar-refractivity contribution is -0.146. The van der Waals surface area contributed by atoms with Crippen molar-refractivity contribution in [2.24, 2.45) is 0 Å². The second kappa shape index (κ2) is 13.0. The molecule has 0 aliphatic heterocycles. The summed E-state index contributed by atoms with van der Waals surface area (Å²) in [6.45, 7) is 6.15. The van der Waals surface area contributed by atoms with Crippen molar-refractivity contribution in [1.82, 2.24) is 5.32 Å². The summed E-state index contributed by atoms with van der Waals surface area (Å²) in [7, 11) is 0. The zero-order chi connectivity index (χ0) is 15.9. The zero-order valence-electron chi connectivity index (χ0n) is 12.7. The van der Waals surface area contributed by atoms with Crippen LogP contribution in [0.2, 0.25) is 0 Å². The smallest absolute Gasteiger partial charge is 0.407 e. The molecule has 1 amide bonds. The third-order valence-corrected chi connectivity index (χ3v) is 2.70. The number of hydrogen-bond acceptors (Lipinski definition) is 4. The maximum atomic E-state index is 11.9. The van der Waals surface area contributed by atoms with Gasteiger partial charge in [-0.25, -0.2) is 9.59 Å². The summed E-state index contributed by atoms with van der Waals surface area (Å²) in [5.74, 6) is 1.88. The van der Waals surface area contributed by atoms with E-state index >= 15 is 0 Å². The molecule has 21 heavy (non-hydrogen) atoms. The predicted molar refractivity (Wildman–Crippen MR) is 81.6 cm³/mol. The van der Waals surface area contributed by atoms with Crippen LogP contribution in [0.5, 0.6) is 0 Å². The number of hydrogen-bond donors (Lipinski definition) is 1. The van der Waals surface area contributed by atoms with Crippen LogP contribution in [0.1, 0.15) is 45.4 Å². The van der Waals surface area contributed by atoms with Crippen molar-refractivity contribution < 1.29 is 19.1 Å². The van der Waals surface area contributed by atoms with Crippen LogP contribution in [-0.4, -0.2) is 31.3 Å². The second-order valence-electron chi connectivity index (χ2n) is 4.54. The molecule has 0 aromatic heterocycles. The first-order chi connectivity index (χ1) is 10.2. The highest BCUT2D eigenvalue weighted by molar-refractivity contribution is 5.81. The summed E-state index contributed by atoms with van der Waals surface area (Å²) in [6, 6.07) is -0.771. The highest BCUT2D eigenvalue weighted by Crippen LogP contribution is 2.02. The normalized spacial score (nSPS) is 11.0. The molecule has 0 radical (unpaired) electrons. The van der Waals surface area contributed by atoms with Crippen LogP contribution < -0.4 is 5.32 Å². The summed E-state index contributed by atoms with van der Waals surface area (Å²) < 4.78 is 9.97. The van der Waals surface area contributed by atoms with Gasteiger partial charge in [-0.1, -0.05) is 32.3 Å². The van der Waals surface area contributed by atoms with Gasteiger partial charge in [0.15, 0.2) is 0 Å². The molecule has 0 rings (SSSR count). The number of esters is 1. The van der Waals surface area contributed by atoms with Gasteiger partial charge in [-0.15, -0.1) is 18.9 Å². The highest BCUT2D eigenvalue weighted by Gasteiger charge is 2.21. The zero-order valence-corrected chi connectivity index (χ0v) is 12.7. The van der Waals surface area contributed by atoms with Gasteiger partial charge in [-0.2, -0.15) is 0 Å². The fourth-order valence-electron chi connectivity index (χ4n) is 1.57. The summed E-state index contributed by atoms with van der Waals surface area (Å²) in [5, 5.41) is 2.45. The molecular weight excluding hydrogens is 270 g/mol. The number of rotatable bonds is 11. The van der Waals surface area contributed by atoms with E-state index in [9.17, 15) is 9.59 Å². The number of unbranched alkanes of at least 4 members (excludes halogenated alkanes) is 3. The van der Waals surface area contributed by atoms with Crippen molar-refractivity contribution in [2.75, 3.05) is 13.2 Å². The lowest BCUT2D eigenvalue weighted by Crippen LogP contribution is -2.42. The summed E-state index contributed by atoms with van der Waals surface area (Å²) in [5.41, 5.74) is 0. The standard InChI is InChI=1S/C16H25NO4/c1-4-7-9-10-13-20-15(18)14(11-6-3)17-16(19)21-12-8-5-2/h2,6,14H,3-4,7-13H2,1H3,(H,17,19). The molecule has 118 valence electrons. The Morgan fingerprint density at radius 3 is 2.67 bits per heavy atom. The van der Waals surface area contributed by atoms with Crippen molar-refractivity contribution >= 4 is 12.1 Å². The topological polar surface area (TPSA) is 64.6 Å². The van der Waals surface area contributed by atoms with Gasteiger partial charge >= 0.3 is 12.1 Å². The monoisotopic (exact) mass is 295 g/mol. The molecule has 0 fully saturated rings.